The first-order valence-corrected chi connectivity index (χ1v) is 10.4. The number of hydrogen-bond donors (Lipinski definition) is 1. The zero-order valence-electron chi connectivity index (χ0n) is 16.3. The summed E-state index contributed by atoms with van der Waals surface area (Å²) in [6.07, 6.45) is 3.55. The van der Waals surface area contributed by atoms with E-state index >= 15 is 0 Å². The lowest BCUT2D eigenvalue weighted by molar-refractivity contribution is 0.191. The lowest BCUT2D eigenvalue weighted by atomic mass is 9.89. The molecule has 3 aliphatic rings. The van der Waals surface area contributed by atoms with Crippen LogP contribution in [0, 0.1) is 0 Å². The Morgan fingerprint density at radius 2 is 1.93 bits per heavy atom. The molecule has 142 valence electrons. The van der Waals surface area contributed by atoms with Crippen LogP contribution in [0.3, 0.4) is 0 Å². The van der Waals surface area contributed by atoms with Gasteiger partial charge in [0.2, 0.25) is 0 Å². The van der Waals surface area contributed by atoms with E-state index < -0.39 is 0 Å². The minimum Gasteiger partial charge on any atom is -0.399 e. The Morgan fingerprint density at radius 3 is 2.81 bits per heavy atom. The summed E-state index contributed by atoms with van der Waals surface area (Å²) >= 11 is 0. The highest BCUT2D eigenvalue weighted by Gasteiger charge is 2.44. The number of anilines is 3. The Hall–Kier alpha value is -2.20. The van der Waals surface area contributed by atoms with Crippen LogP contribution in [0.25, 0.3) is 0 Å². The van der Waals surface area contributed by atoms with Crippen LogP contribution in [0.1, 0.15) is 29.9 Å². The van der Waals surface area contributed by atoms with E-state index in [0.717, 1.165) is 18.7 Å². The molecule has 4 heteroatoms. The van der Waals surface area contributed by atoms with Crippen molar-refractivity contribution in [2.75, 3.05) is 55.3 Å². The lowest BCUT2D eigenvalue weighted by Gasteiger charge is -2.41. The third-order valence-corrected chi connectivity index (χ3v) is 6.86. The molecule has 2 atom stereocenters. The fourth-order valence-corrected chi connectivity index (χ4v) is 5.43. The fourth-order valence-electron chi connectivity index (χ4n) is 5.43. The molecule has 1 saturated heterocycles. The summed E-state index contributed by atoms with van der Waals surface area (Å²) in [6.45, 7) is 5.91. The van der Waals surface area contributed by atoms with Gasteiger partial charge in [0.1, 0.15) is 0 Å². The molecule has 3 heterocycles. The normalized spacial score (nSPS) is 24.0. The molecule has 1 fully saturated rings. The Morgan fingerprint density at radius 1 is 1.04 bits per heavy atom. The number of likely N-dealkylation sites (tertiary alicyclic amines) is 1. The number of nitrogens with two attached hydrogens (primary N) is 1. The average Bonchev–Trinajstić information content (AvgIpc) is 3.01. The Labute approximate surface area is 162 Å². The number of nitrogens with zero attached hydrogens (tertiary/aromatic N) is 3. The van der Waals surface area contributed by atoms with Gasteiger partial charge in [0, 0.05) is 50.9 Å². The van der Waals surface area contributed by atoms with Crippen molar-refractivity contribution < 1.29 is 0 Å². The Balaban J connectivity index is 1.28. The van der Waals surface area contributed by atoms with Gasteiger partial charge in [0.05, 0.1) is 11.4 Å². The fraction of sp³-hybridized carbons (Fsp3) is 0.478. The average molecular weight is 363 g/mol. The molecule has 5 rings (SSSR count). The number of para-hydroxylation sites is 2. The number of benzene rings is 2. The van der Waals surface area contributed by atoms with Gasteiger partial charge in [-0.2, -0.15) is 0 Å². The molecule has 0 amide bonds. The number of hydrogen-bond acceptors (Lipinski definition) is 4. The molecule has 0 unspecified atom stereocenters. The van der Waals surface area contributed by atoms with E-state index in [1.165, 1.54) is 56.0 Å². The zero-order valence-corrected chi connectivity index (χ0v) is 16.3. The first kappa shape index (κ1) is 16.9. The van der Waals surface area contributed by atoms with Gasteiger partial charge in [-0.3, -0.25) is 0 Å². The third kappa shape index (κ3) is 2.87. The summed E-state index contributed by atoms with van der Waals surface area (Å²) in [4.78, 5) is 7.83. The number of aryl methyl sites for hydroxylation is 1. The molecular weight excluding hydrogens is 332 g/mol. The largest absolute Gasteiger partial charge is 0.399 e. The van der Waals surface area contributed by atoms with E-state index in [0.29, 0.717) is 12.0 Å². The van der Waals surface area contributed by atoms with Crippen molar-refractivity contribution in [2.24, 2.45) is 0 Å². The number of piperidine rings is 1. The topological polar surface area (TPSA) is 35.7 Å². The van der Waals surface area contributed by atoms with Gasteiger partial charge >= 0.3 is 0 Å². The van der Waals surface area contributed by atoms with Crippen LogP contribution < -0.4 is 15.5 Å². The van der Waals surface area contributed by atoms with Crippen molar-refractivity contribution >= 4 is 17.1 Å². The number of fused-ring (bicyclic) bond motifs is 3. The van der Waals surface area contributed by atoms with Crippen molar-refractivity contribution in [1.82, 2.24) is 4.90 Å². The van der Waals surface area contributed by atoms with Gasteiger partial charge in [-0.1, -0.05) is 30.3 Å². The van der Waals surface area contributed by atoms with Crippen molar-refractivity contribution in [2.45, 2.75) is 31.2 Å². The summed E-state index contributed by atoms with van der Waals surface area (Å²) in [5.74, 6) is 0.669. The third-order valence-electron chi connectivity index (χ3n) is 6.86. The van der Waals surface area contributed by atoms with Crippen molar-refractivity contribution in [1.29, 1.82) is 0 Å². The van der Waals surface area contributed by atoms with Crippen LogP contribution in [-0.4, -0.2) is 50.7 Å². The van der Waals surface area contributed by atoms with E-state index in [1.807, 2.05) is 12.1 Å². The maximum absolute atomic E-state index is 6.10. The van der Waals surface area contributed by atoms with E-state index in [1.54, 1.807) is 5.56 Å². The predicted octanol–water partition coefficient (Wildman–Crippen LogP) is 3.33. The van der Waals surface area contributed by atoms with Crippen LogP contribution in [-0.2, 0) is 6.42 Å². The Kier molecular flexibility index (Phi) is 4.24. The molecular formula is C23H30N4. The second-order valence-electron chi connectivity index (χ2n) is 8.40. The maximum Gasteiger partial charge on any atom is 0.0644 e. The highest BCUT2D eigenvalue weighted by molar-refractivity contribution is 5.80. The SMILES string of the molecule is CN1CCN2c3c(cccc31)[C@@H]1CN(CCCc3ccccc3N)CC[C@@H]12. The number of rotatable bonds is 4. The van der Waals surface area contributed by atoms with Crippen LogP contribution in [0.4, 0.5) is 17.1 Å². The molecule has 2 N–H and O–H groups in total. The lowest BCUT2D eigenvalue weighted by Crippen LogP contribution is -2.49. The second kappa shape index (κ2) is 6.75. The van der Waals surface area contributed by atoms with Gasteiger partial charge in [-0.05, 0) is 49.1 Å². The van der Waals surface area contributed by atoms with Crippen LogP contribution >= 0.6 is 0 Å². The first-order valence-electron chi connectivity index (χ1n) is 10.4. The van der Waals surface area contributed by atoms with E-state index in [4.69, 9.17) is 5.73 Å². The molecule has 2 aromatic carbocycles. The summed E-state index contributed by atoms with van der Waals surface area (Å²) in [5.41, 5.74) is 12.9. The summed E-state index contributed by atoms with van der Waals surface area (Å²) in [6, 6.07) is 15.9. The minimum atomic E-state index is 0.669. The molecule has 0 saturated carbocycles. The standard InChI is InChI=1S/C23H30N4/c1-25-14-15-27-21-11-13-26(12-5-7-17-6-2-3-9-20(17)24)16-19(21)18-8-4-10-22(25)23(18)27/h2-4,6,8-10,19,21H,5,7,11-16,24H2,1H3/t19-,21-/m0/s1. The summed E-state index contributed by atoms with van der Waals surface area (Å²) in [5, 5.41) is 0. The van der Waals surface area contributed by atoms with E-state index in [-0.39, 0.29) is 0 Å². The van der Waals surface area contributed by atoms with E-state index in [2.05, 4.69) is 52.1 Å². The minimum absolute atomic E-state index is 0.669. The smallest absolute Gasteiger partial charge is 0.0644 e. The van der Waals surface area contributed by atoms with Crippen molar-refractivity contribution in [3.05, 3.63) is 53.6 Å². The molecule has 3 aliphatic heterocycles. The molecule has 4 nitrogen and oxygen atoms in total. The zero-order chi connectivity index (χ0) is 18.4. The van der Waals surface area contributed by atoms with Gasteiger partial charge < -0.3 is 20.4 Å². The molecule has 0 bridgehead atoms. The van der Waals surface area contributed by atoms with Gasteiger partial charge in [-0.15, -0.1) is 0 Å². The van der Waals surface area contributed by atoms with E-state index in [9.17, 15) is 0 Å². The quantitative estimate of drug-likeness (QED) is 0.847. The van der Waals surface area contributed by atoms with Crippen molar-refractivity contribution in [3.8, 4) is 0 Å². The summed E-state index contributed by atoms with van der Waals surface area (Å²) < 4.78 is 0. The molecule has 0 aliphatic carbocycles. The maximum atomic E-state index is 6.10. The second-order valence-corrected chi connectivity index (χ2v) is 8.40. The molecule has 0 spiro atoms. The molecule has 0 radical (unpaired) electrons. The highest BCUT2D eigenvalue weighted by atomic mass is 15.3. The molecule has 0 aromatic heterocycles. The predicted molar refractivity (Wildman–Crippen MR) is 114 cm³/mol. The molecule has 27 heavy (non-hydrogen) atoms. The monoisotopic (exact) mass is 362 g/mol. The van der Waals surface area contributed by atoms with Gasteiger partial charge in [0.15, 0.2) is 0 Å². The van der Waals surface area contributed by atoms with Crippen LogP contribution in [0.2, 0.25) is 0 Å². The number of nitrogen functional groups attached to an aromatic ring is 1. The van der Waals surface area contributed by atoms with Crippen molar-refractivity contribution in [3.63, 3.8) is 0 Å². The molecule has 2 aromatic rings. The van der Waals surface area contributed by atoms with Crippen LogP contribution in [0.15, 0.2) is 42.5 Å². The Bertz CT molecular complexity index is 833. The van der Waals surface area contributed by atoms with Gasteiger partial charge in [-0.25, -0.2) is 0 Å². The highest BCUT2D eigenvalue weighted by Crippen LogP contribution is 2.50. The summed E-state index contributed by atoms with van der Waals surface area (Å²) in [7, 11) is 2.23. The number of likely N-dealkylation sites (N-methyl/N-ethyl adjacent to an activating group) is 1. The van der Waals surface area contributed by atoms with Crippen LogP contribution in [0.5, 0.6) is 0 Å². The van der Waals surface area contributed by atoms with Gasteiger partial charge in [0.25, 0.3) is 0 Å². The first-order chi connectivity index (χ1) is 13.2.